The van der Waals surface area contributed by atoms with Gasteiger partial charge in [-0.15, -0.1) is 0 Å². The molecule has 0 radical (unpaired) electrons. The second-order valence-corrected chi connectivity index (χ2v) is 4.14. The first-order chi connectivity index (χ1) is 7.29. The largest absolute Gasteiger partial charge is 0.418 e. The first kappa shape index (κ1) is 13.1. The fourth-order valence-electron chi connectivity index (χ4n) is 1.25. The summed E-state index contributed by atoms with van der Waals surface area (Å²) in [5, 5.41) is 0. The van der Waals surface area contributed by atoms with E-state index >= 15 is 0 Å². The summed E-state index contributed by atoms with van der Waals surface area (Å²) in [7, 11) is 0. The van der Waals surface area contributed by atoms with E-state index in [2.05, 4.69) is 0 Å². The number of rotatable bonds is 2. The summed E-state index contributed by atoms with van der Waals surface area (Å²) < 4.78 is 37.9. The number of carbonyl (C=O) groups excluding carboxylic acids is 2. The summed E-state index contributed by atoms with van der Waals surface area (Å²) in [4.78, 5) is 21.6. The second kappa shape index (κ2) is 4.52. The lowest BCUT2D eigenvalue weighted by molar-refractivity contribution is -0.138. The lowest BCUT2D eigenvalue weighted by Gasteiger charge is -2.14. The number of ketones is 1. The van der Waals surface area contributed by atoms with Crippen LogP contribution in [0.25, 0.3) is 0 Å². The molecule has 0 atom stereocenters. The average molecular weight is 342 g/mol. The molecule has 0 aliphatic heterocycles. The third kappa shape index (κ3) is 2.42. The van der Waals surface area contributed by atoms with Crippen molar-refractivity contribution >= 4 is 34.7 Å². The van der Waals surface area contributed by atoms with Gasteiger partial charge in [0.1, 0.15) is 0 Å². The number of Topliss-reactive ketones (excluding diaryl/α,β-unsaturated/α-hetero) is 1. The molecule has 1 rings (SSSR count). The van der Waals surface area contributed by atoms with E-state index in [1.165, 1.54) is 28.7 Å². The summed E-state index contributed by atoms with van der Waals surface area (Å²) in [6.07, 6.45) is -4.31. The molecule has 0 saturated heterocycles. The molecule has 0 aliphatic carbocycles. The topological polar surface area (TPSA) is 34.1 Å². The predicted octanol–water partition coefficient (Wildman–Crippen LogP) is 3.33. The van der Waals surface area contributed by atoms with Crippen LogP contribution in [-0.4, -0.2) is 12.1 Å². The number of alkyl halides is 3. The molecule has 16 heavy (non-hydrogen) atoms. The Bertz CT molecular complexity index is 452. The van der Waals surface area contributed by atoms with E-state index < -0.39 is 23.1 Å². The molecular weight excluding hydrogens is 336 g/mol. The highest BCUT2D eigenvalue weighted by Crippen LogP contribution is 2.36. The summed E-state index contributed by atoms with van der Waals surface area (Å²) in [5.74, 6) is -0.678. The van der Waals surface area contributed by atoms with Gasteiger partial charge in [0, 0.05) is 14.7 Å². The molecule has 0 spiro atoms. The van der Waals surface area contributed by atoms with Gasteiger partial charge >= 0.3 is 6.18 Å². The van der Waals surface area contributed by atoms with Crippen LogP contribution in [0.3, 0.4) is 0 Å². The fraction of sp³-hybridized carbons (Fsp3) is 0.200. The van der Waals surface area contributed by atoms with Crippen molar-refractivity contribution in [3.63, 3.8) is 0 Å². The van der Waals surface area contributed by atoms with Gasteiger partial charge in [-0.25, -0.2) is 0 Å². The SMILES string of the molecule is CC(=O)c1ccc(C=O)c(I)c1C(F)(F)F. The smallest absolute Gasteiger partial charge is 0.298 e. The van der Waals surface area contributed by atoms with Gasteiger partial charge in [0.2, 0.25) is 0 Å². The zero-order chi connectivity index (χ0) is 12.5. The average Bonchev–Trinajstić information content (AvgIpc) is 2.14. The van der Waals surface area contributed by atoms with E-state index in [9.17, 15) is 22.8 Å². The number of benzene rings is 1. The van der Waals surface area contributed by atoms with Crippen LogP contribution in [-0.2, 0) is 6.18 Å². The molecule has 0 amide bonds. The van der Waals surface area contributed by atoms with Crippen LogP contribution in [0.15, 0.2) is 12.1 Å². The standard InChI is InChI=1S/C10H6F3IO2/c1-5(16)7-3-2-6(4-15)9(14)8(7)10(11,12)13/h2-4H,1H3. The van der Waals surface area contributed by atoms with Crippen LogP contribution >= 0.6 is 22.6 Å². The Morgan fingerprint density at radius 1 is 1.38 bits per heavy atom. The number of halogens is 4. The molecular formula is C10H6F3IO2. The van der Waals surface area contributed by atoms with E-state index in [4.69, 9.17) is 0 Å². The highest BCUT2D eigenvalue weighted by atomic mass is 127. The molecule has 0 fully saturated rings. The molecule has 2 nitrogen and oxygen atoms in total. The highest BCUT2D eigenvalue weighted by Gasteiger charge is 2.37. The Labute approximate surface area is 103 Å². The normalized spacial score (nSPS) is 11.3. The molecule has 0 N–H and O–H groups in total. The van der Waals surface area contributed by atoms with Gasteiger partial charge in [-0.1, -0.05) is 6.07 Å². The van der Waals surface area contributed by atoms with Crippen molar-refractivity contribution in [3.05, 3.63) is 32.4 Å². The summed E-state index contributed by atoms with van der Waals surface area (Å²) in [5.41, 5.74) is -1.52. The predicted molar refractivity (Wildman–Crippen MR) is 59.6 cm³/mol. The molecule has 0 bridgehead atoms. The summed E-state index contributed by atoms with van der Waals surface area (Å²) in [6.45, 7) is 1.06. The third-order valence-corrected chi connectivity index (χ3v) is 3.12. The van der Waals surface area contributed by atoms with Crippen molar-refractivity contribution < 1.29 is 22.8 Å². The zero-order valence-corrected chi connectivity index (χ0v) is 10.2. The molecule has 86 valence electrons. The Hall–Kier alpha value is -0.920. The molecule has 0 aliphatic rings. The maximum absolute atomic E-state index is 12.7. The fourth-order valence-corrected chi connectivity index (χ4v) is 2.16. The van der Waals surface area contributed by atoms with Crippen molar-refractivity contribution in [1.82, 2.24) is 0 Å². The molecule has 0 saturated carbocycles. The minimum Gasteiger partial charge on any atom is -0.298 e. The zero-order valence-electron chi connectivity index (χ0n) is 8.06. The molecule has 0 aromatic heterocycles. The van der Waals surface area contributed by atoms with Gasteiger partial charge in [0.05, 0.1) is 5.56 Å². The van der Waals surface area contributed by atoms with Crippen molar-refractivity contribution in [2.24, 2.45) is 0 Å². The molecule has 1 aromatic rings. The van der Waals surface area contributed by atoms with Crippen LogP contribution in [0.4, 0.5) is 13.2 Å². The monoisotopic (exact) mass is 342 g/mol. The molecule has 1 aromatic carbocycles. The Balaban J connectivity index is 3.62. The van der Waals surface area contributed by atoms with Crippen molar-refractivity contribution in [3.8, 4) is 0 Å². The van der Waals surface area contributed by atoms with Gasteiger partial charge in [0.15, 0.2) is 12.1 Å². The summed E-state index contributed by atoms with van der Waals surface area (Å²) >= 11 is 1.42. The van der Waals surface area contributed by atoms with Crippen LogP contribution in [0.2, 0.25) is 0 Å². The number of carbonyl (C=O) groups is 2. The minimum absolute atomic E-state index is 0.0714. The Morgan fingerprint density at radius 3 is 2.31 bits per heavy atom. The van der Waals surface area contributed by atoms with E-state index in [0.29, 0.717) is 6.29 Å². The first-order valence-corrected chi connectivity index (χ1v) is 5.22. The Morgan fingerprint density at radius 2 is 1.94 bits per heavy atom. The van der Waals surface area contributed by atoms with Crippen LogP contribution < -0.4 is 0 Å². The first-order valence-electron chi connectivity index (χ1n) is 4.15. The van der Waals surface area contributed by atoms with Crippen LogP contribution in [0.1, 0.15) is 33.2 Å². The van der Waals surface area contributed by atoms with Crippen molar-refractivity contribution in [2.75, 3.05) is 0 Å². The lowest BCUT2D eigenvalue weighted by Crippen LogP contribution is -2.15. The maximum atomic E-state index is 12.7. The molecule has 0 unspecified atom stereocenters. The second-order valence-electron chi connectivity index (χ2n) is 3.06. The summed E-state index contributed by atoms with van der Waals surface area (Å²) in [6, 6.07) is 2.23. The van der Waals surface area contributed by atoms with E-state index in [1.807, 2.05) is 0 Å². The number of aldehydes is 1. The Kier molecular flexibility index (Phi) is 3.72. The van der Waals surface area contributed by atoms with E-state index in [0.717, 1.165) is 13.0 Å². The van der Waals surface area contributed by atoms with Crippen molar-refractivity contribution in [1.29, 1.82) is 0 Å². The molecule has 6 heteroatoms. The van der Waals surface area contributed by atoms with E-state index in [-0.39, 0.29) is 9.13 Å². The van der Waals surface area contributed by atoms with Crippen LogP contribution in [0, 0.1) is 3.57 Å². The molecule has 0 heterocycles. The minimum atomic E-state index is -4.64. The van der Waals surface area contributed by atoms with Gasteiger partial charge < -0.3 is 0 Å². The van der Waals surface area contributed by atoms with Crippen LogP contribution in [0.5, 0.6) is 0 Å². The van der Waals surface area contributed by atoms with Gasteiger partial charge in [-0.05, 0) is 35.6 Å². The number of hydrogen-bond donors (Lipinski definition) is 0. The lowest BCUT2D eigenvalue weighted by atomic mass is 10.0. The van der Waals surface area contributed by atoms with Gasteiger partial charge in [-0.3, -0.25) is 9.59 Å². The van der Waals surface area contributed by atoms with Gasteiger partial charge in [-0.2, -0.15) is 13.2 Å². The third-order valence-electron chi connectivity index (χ3n) is 1.96. The van der Waals surface area contributed by atoms with Crippen molar-refractivity contribution in [2.45, 2.75) is 13.1 Å². The maximum Gasteiger partial charge on any atom is 0.418 e. The van der Waals surface area contributed by atoms with E-state index in [1.54, 1.807) is 0 Å². The highest BCUT2D eigenvalue weighted by molar-refractivity contribution is 14.1. The quantitative estimate of drug-likeness (QED) is 0.469. The van der Waals surface area contributed by atoms with Gasteiger partial charge in [0.25, 0.3) is 0 Å². The number of hydrogen-bond acceptors (Lipinski definition) is 2.